The summed E-state index contributed by atoms with van der Waals surface area (Å²) in [6.45, 7) is 5.22. The second-order valence-electron chi connectivity index (χ2n) is 7.28. The molecule has 0 fully saturated rings. The van der Waals surface area contributed by atoms with Gasteiger partial charge >= 0.3 is 0 Å². The van der Waals surface area contributed by atoms with Crippen molar-refractivity contribution in [3.63, 3.8) is 0 Å². The Morgan fingerprint density at radius 2 is 2.23 bits per heavy atom. The van der Waals surface area contributed by atoms with Crippen molar-refractivity contribution >= 4 is 48.8 Å². The fraction of sp³-hybridized carbons (Fsp3) is 0.474. The molecule has 0 aliphatic heterocycles. The zero-order valence-electron chi connectivity index (χ0n) is 15.1. The van der Waals surface area contributed by atoms with Crippen LogP contribution in [0.3, 0.4) is 0 Å². The van der Waals surface area contributed by atoms with E-state index in [0.717, 1.165) is 45.6 Å². The first kappa shape index (κ1) is 18.3. The SMILES string of the molecule is CC1CCc2c(sc3nc(C(C)N(C)Cc4ccc(Br)s4)[nH]c(=O)c23)C1. The van der Waals surface area contributed by atoms with E-state index in [1.807, 2.05) is 0 Å². The molecule has 4 nitrogen and oxygen atoms in total. The summed E-state index contributed by atoms with van der Waals surface area (Å²) >= 11 is 6.97. The molecule has 0 amide bonds. The molecule has 0 radical (unpaired) electrons. The molecule has 3 heterocycles. The zero-order valence-corrected chi connectivity index (χ0v) is 18.4. The summed E-state index contributed by atoms with van der Waals surface area (Å²) in [7, 11) is 2.07. The normalized spacial score (nSPS) is 18.4. The Labute approximate surface area is 169 Å². The summed E-state index contributed by atoms with van der Waals surface area (Å²) < 4.78 is 1.14. The van der Waals surface area contributed by atoms with Gasteiger partial charge in [-0.1, -0.05) is 6.92 Å². The standard InChI is InChI=1S/C19H22BrN3OS2/c1-10-4-6-13-14(8-10)26-19-16(13)18(24)21-17(22-19)11(2)23(3)9-12-5-7-15(20)25-12/h5,7,10-11H,4,6,8-9H2,1-3H3,(H,21,22,24). The molecule has 3 aromatic heterocycles. The average Bonchev–Trinajstić information content (AvgIpc) is 3.16. The van der Waals surface area contributed by atoms with Crippen molar-refractivity contribution in [1.82, 2.24) is 14.9 Å². The molecule has 0 saturated heterocycles. The zero-order chi connectivity index (χ0) is 18.4. The number of H-pyrrole nitrogens is 1. The molecule has 26 heavy (non-hydrogen) atoms. The maximum absolute atomic E-state index is 12.8. The quantitative estimate of drug-likeness (QED) is 0.597. The maximum atomic E-state index is 12.8. The van der Waals surface area contributed by atoms with Gasteiger partial charge < -0.3 is 4.98 Å². The summed E-state index contributed by atoms with van der Waals surface area (Å²) in [4.78, 5) is 26.5. The number of hydrogen-bond donors (Lipinski definition) is 1. The number of nitrogens with zero attached hydrogens (tertiary/aromatic N) is 2. The minimum Gasteiger partial charge on any atom is -0.309 e. The minimum absolute atomic E-state index is 0.0242. The molecular formula is C19H22BrN3OS2. The van der Waals surface area contributed by atoms with E-state index in [0.29, 0.717) is 5.92 Å². The Hall–Kier alpha value is -1.02. The Kier molecular flexibility index (Phi) is 5.07. The summed E-state index contributed by atoms with van der Waals surface area (Å²) in [5.41, 5.74) is 1.27. The van der Waals surface area contributed by atoms with Gasteiger partial charge in [-0.3, -0.25) is 9.69 Å². The third kappa shape index (κ3) is 3.42. The van der Waals surface area contributed by atoms with Crippen molar-refractivity contribution < 1.29 is 0 Å². The lowest BCUT2D eigenvalue weighted by atomic mass is 9.89. The Morgan fingerprint density at radius 1 is 1.42 bits per heavy atom. The molecule has 4 rings (SSSR count). The molecule has 1 aliphatic rings. The van der Waals surface area contributed by atoms with Crippen molar-refractivity contribution in [1.29, 1.82) is 0 Å². The van der Waals surface area contributed by atoms with Crippen LogP contribution in [-0.2, 0) is 19.4 Å². The molecule has 2 unspecified atom stereocenters. The highest BCUT2D eigenvalue weighted by Crippen LogP contribution is 2.36. The fourth-order valence-corrected chi connectivity index (χ4v) is 6.53. The van der Waals surface area contributed by atoms with Gasteiger partial charge in [0.25, 0.3) is 5.56 Å². The van der Waals surface area contributed by atoms with Crippen LogP contribution in [0.5, 0.6) is 0 Å². The predicted octanol–water partition coefficient (Wildman–Crippen LogP) is 5.13. The highest BCUT2D eigenvalue weighted by atomic mass is 79.9. The van der Waals surface area contributed by atoms with Crippen molar-refractivity contribution in [3.05, 3.63) is 47.4 Å². The molecule has 1 N–H and O–H groups in total. The molecule has 3 aromatic rings. The van der Waals surface area contributed by atoms with Gasteiger partial charge in [0.05, 0.1) is 15.2 Å². The molecule has 138 valence electrons. The van der Waals surface area contributed by atoms with Gasteiger partial charge in [-0.25, -0.2) is 4.98 Å². The van der Waals surface area contributed by atoms with E-state index in [-0.39, 0.29) is 11.6 Å². The second kappa shape index (κ2) is 7.19. The number of hydrogen-bond acceptors (Lipinski definition) is 5. The molecule has 0 aromatic carbocycles. The molecule has 2 atom stereocenters. The first-order valence-electron chi connectivity index (χ1n) is 8.91. The average molecular weight is 452 g/mol. The minimum atomic E-state index is 0.0242. The Bertz CT molecular complexity index is 1010. The summed E-state index contributed by atoms with van der Waals surface area (Å²) in [5.74, 6) is 1.46. The van der Waals surface area contributed by atoms with Crippen LogP contribution in [0.25, 0.3) is 10.2 Å². The van der Waals surface area contributed by atoms with Crippen LogP contribution in [0, 0.1) is 5.92 Å². The fourth-order valence-electron chi connectivity index (χ4n) is 3.59. The van der Waals surface area contributed by atoms with Gasteiger partial charge in [0.1, 0.15) is 10.7 Å². The van der Waals surface area contributed by atoms with E-state index in [2.05, 4.69) is 58.8 Å². The molecule has 7 heteroatoms. The number of aromatic amines is 1. The number of nitrogens with one attached hydrogen (secondary N) is 1. The van der Waals surface area contributed by atoms with Gasteiger partial charge in [-0.15, -0.1) is 22.7 Å². The van der Waals surface area contributed by atoms with Crippen molar-refractivity contribution in [2.24, 2.45) is 5.92 Å². The number of rotatable bonds is 4. The number of halogens is 1. The number of aromatic nitrogens is 2. The van der Waals surface area contributed by atoms with Crippen LogP contribution in [0.15, 0.2) is 20.7 Å². The highest BCUT2D eigenvalue weighted by molar-refractivity contribution is 9.11. The number of aryl methyl sites for hydroxylation is 1. The maximum Gasteiger partial charge on any atom is 0.259 e. The second-order valence-corrected chi connectivity index (χ2v) is 10.9. The van der Waals surface area contributed by atoms with Crippen LogP contribution >= 0.6 is 38.6 Å². The van der Waals surface area contributed by atoms with Gasteiger partial charge in [0.2, 0.25) is 0 Å². The largest absolute Gasteiger partial charge is 0.309 e. The van der Waals surface area contributed by atoms with Gasteiger partial charge in [-0.2, -0.15) is 0 Å². The molecular weight excluding hydrogens is 430 g/mol. The molecule has 0 spiro atoms. The predicted molar refractivity (Wildman–Crippen MR) is 113 cm³/mol. The lowest BCUT2D eigenvalue weighted by Gasteiger charge is -2.23. The topological polar surface area (TPSA) is 49.0 Å². The third-order valence-electron chi connectivity index (χ3n) is 5.27. The van der Waals surface area contributed by atoms with Gasteiger partial charge in [0, 0.05) is 16.3 Å². The Balaban J connectivity index is 1.65. The first-order chi connectivity index (χ1) is 12.4. The van der Waals surface area contributed by atoms with Crippen molar-refractivity contribution in [2.75, 3.05) is 7.05 Å². The van der Waals surface area contributed by atoms with Crippen molar-refractivity contribution in [2.45, 2.75) is 45.7 Å². The van der Waals surface area contributed by atoms with E-state index < -0.39 is 0 Å². The van der Waals surface area contributed by atoms with Crippen LogP contribution in [0.4, 0.5) is 0 Å². The lowest BCUT2D eigenvalue weighted by Crippen LogP contribution is -2.25. The van der Waals surface area contributed by atoms with E-state index in [1.165, 1.54) is 15.3 Å². The molecule has 1 aliphatic carbocycles. The summed E-state index contributed by atoms with van der Waals surface area (Å²) in [6.07, 6.45) is 3.24. The van der Waals surface area contributed by atoms with Gasteiger partial charge in [-0.05, 0) is 72.8 Å². The molecule has 0 bridgehead atoms. The van der Waals surface area contributed by atoms with Crippen LogP contribution in [-0.4, -0.2) is 21.9 Å². The highest BCUT2D eigenvalue weighted by Gasteiger charge is 2.24. The number of fused-ring (bicyclic) bond motifs is 3. The van der Waals surface area contributed by atoms with Crippen LogP contribution in [0.1, 0.15) is 47.5 Å². The number of thiophene rings is 2. The molecule has 0 saturated carbocycles. The van der Waals surface area contributed by atoms with E-state index >= 15 is 0 Å². The summed E-state index contributed by atoms with van der Waals surface area (Å²) in [5, 5.41) is 0.831. The van der Waals surface area contributed by atoms with Crippen LogP contribution < -0.4 is 5.56 Å². The van der Waals surface area contributed by atoms with E-state index in [4.69, 9.17) is 4.98 Å². The third-order valence-corrected chi connectivity index (χ3v) is 8.03. The monoisotopic (exact) mass is 451 g/mol. The van der Waals surface area contributed by atoms with Crippen molar-refractivity contribution in [3.8, 4) is 0 Å². The van der Waals surface area contributed by atoms with Gasteiger partial charge in [0.15, 0.2) is 0 Å². The Morgan fingerprint density at radius 3 is 2.96 bits per heavy atom. The van der Waals surface area contributed by atoms with E-state index in [9.17, 15) is 4.79 Å². The van der Waals surface area contributed by atoms with Crippen LogP contribution in [0.2, 0.25) is 0 Å². The summed E-state index contributed by atoms with van der Waals surface area (Å²) in [6, 6.07) is 4.25. The first-order valence-corrected chi connectivity index (χ1v) is 11.3. The van der Waals surface area contributed by atoms with E-state index in [1.54, 1.807) is 22.7 Å². The lowest BCUT2D eigenvalue weighted by molar-refractivity contribution is 0.246. The smallest absolute Gasteiger partial charge is 0.259 e.